The van der Waals surface area contributed by atoms with Crippen LogP contribution >= 0.6 is 45.2 Å². The molecule has 0 rings (SSSR count). The first-order valence-electron chi connectivity index (χ1n) is 4.97. The molecular formula is C12H28I2. The molecule has 14 heavy (non-hydrogen) atoms. The van der Waals surface area contributed by atoms with Gasteiger partial charge in [0, 0.05) is 1.43 Å². The number of alkyl halides is 2. The minimum Gasteiger partial charge on any atom is -0.106 e. The van der Waals surface area contributed by atoms with Crippen molar-refractivity contribution in [1.82, 2.24) is 0 Å². The van der Waals surface area contributed by atoms with Gasteiger partial charge in [0.05, 0.1) is 0 Å². The van der Waals surface area contributed by atoms with Crippen molar-refractivity contribution in [3.63, 3.8) is 0 Å². The second kappa shape index (κ2) is 48.5. The molecule has 90 valence electrons. The molecule has 0 aromatic rings. The summed E-state index contributed by atoms with van der Waals surface area (Å²) in [7, 11) is 0. The van der Waals surface area contributed by atoms with Crippen molar-refractivity contribution >= 4 is 45.2 Å². The largest absolute Gasteiger partial charge is 0.106 e. The molecule has 0 unspecified atom stereocenters. The fraction of sp³-hybridized carbons (Fsp3) is 0.667. The van der Waals surface area contributed by atoms with Gasteiger partial charge in [0.2, 0.25) is 0 Å². The highest BCUT2D eigenvalue weighted by Crippen LogP contribution is 1.90. The summed E-state index contributed by atoms with van der Waals surface area (Å²) in [4.78, 5) is 0. The quantitative estimate of drug-likeness (QED) is 0.282. The summed E-state index contributed by atoms with van der Waals surface area (Å²) >= 11 is 4.68. The van der Waals surface area contributed by atoms with Gasteiger partial charge in [-0.05, 0) is 21.7 Å². The van der Waals surface area contributed by atoms with E-state index >= 15 is 0 Å². The van der Waals surface area contributed by atoms with E-state index in [9.17, 15) is 0 Å². The Bertz CT molecular complexity index is 66.6. The zero-order valence-corrected chi connectivity index (χ0v) is 14.3. The van der Waals surface area contributed by atoms with Crippen LogP contribution in [-0.2, 0) is 0 Å². The van der Waals surface area contributed by atoms with Crippen molar-refractivity contribution in [2.45, 2.75) is 40.0 Å². The minimum atomic E-state index is 0. The molecule has 0 bridgehead atoms. The molecule has 0 aliphatic heterocycles. The molecule has 0 amide bonds. The Kier molecular flexibility index (Phi) is 84.0. The summed E-state index contributed by atoms with van der Waals surface area (Å²) in [5.74, 6) is 0. The number of halogens is 2. The maximum atomic E-state index is 3.48. The average Bonchev–Trinajstić information content (AvgIpc) is 2.24. The van der Waals surface area contributed by atoms with E-state index < -0.39 is 0 Å². The fourth-order valence-electron chi connectivity index (χ4n) is 0.134. The molecule has 0 atom stereocenters. The van der Waals surface area contributed by atoms with Gasteiger partial charge in [-0.3, -0.25) is 0 Å². The van der Waals surface area contributed by atoms with Gasteiger partial charge < -0.3 is 0 Å². The lowest BCUT2D eigenvalue weighted by Crippen LogP contribution is -1.64. The molecule has 0 nitrogen and oxygen atoms in total. The lowest BCUT2D eigenvalue weighted by atomic mass is 10.4. The van der Waals surface area contributed by atoms with Crippen LogP contribution < -0.4 is 0 Å². The molecule has 0 saturated carbocycles. The van der Waals surface area contributed by atoms with Crippen molar-refractivity contribution < 1.29 is 1.43 Å². The Morgan fingerprint density at radius 2 is 1.43 bits per heavy atom. The van der Waals surface area contributed by atoms with Crippen LogP contribution in [0.5, 0.6) is 0 Å². The van der Waals surface area contributed by atoms with Crippen molar-refractivity contribution in [1.29, 1.82) is 0 Å². The number of hydrogen-bond acceptors (Lipinski definition) is 0. The Hall–Kier alpha value is 0.940. The van der Waals surface area contributed by atoms with E-state index in [0.29, 0.717) is 0 Å². The number of unbranched alkanes of at least 4 members (excludes halogenated alkanes) is 1. The van der Waals surface area contributed by atoms with Crippen LogP contribution in [0.15, 0.2) is 25.8 Å². The number of rotatable bonds is 3. The van der Waals surface area contributed by atoms with E-state index in [1.807, 2.05) is 6.08 Å². The third-order valence-corrected chi connectivity index (χ3v) is 1.54. The van der Waals surface area contributed by atoms with Crippen LogP contribution in [0, 0.1) is 0 Å². The molecule has 0 spiro atoms. The highest BCUT2D eigenvalue weighted by molar-refractivity contribution is 14.1. The molecule has 0 fully saturated rings. The number of hydrogen-bond donors (Lipinski definition) is 0. The highest BCUT2D eigenvalue weighted by Gasteiger charge is 1.69. The molecule has 0 aliphatic carbocycles. The van der Waals surface area contributed by atoms with Gasteiger partial charge in [0.1, 0.15) is 0 Å². The maximum Gasteiger partial charge on any atom is 0 e. The van der Waals surface area contributed by atoms with Gasteiger partial charge in [-0.15, -0.1) is 19.7 Å². The van der Waals surface area contributed by atoms with Gasteiger partial charge in [0.25, 0.3) is 0 Å². The van der Waals surface area contributed by atoms with E-state index in [1.165, 1.54) is 21.7 Å². The first-order chi connectivity index (χ1) is 6.74. The summed E-state index contributed by atoms with van der Waals surface area (Å²) in [6, 6.07) is 0. The smallest absolute Gasteiger partial charge is 0 e. The van der Waals surface area contributed by atoms with Crippen LogP contribution in [0.3, 0.4) is 0 Å². The van der Waals surface area contributed by atoms with E-state index in [2.05, 4.69) is 85.7 Å². The van der Waals surface area contributed by atoms with Crippen LogP contribution in [0.4, 0.5) is 0 Å². The Morgan fingerprint density at radius 3 is 1.43 bits per heavy atom. The van der Waals surface area contributed by atoms with E-state index in [0.717, 1.165) is 6.42 Å². The molecule has 0 aromatic heterocycles. The predicted molar refractivity (Wildman–Crippen MR) is 92.2 cm³/mol. The summed E-state index contributed by atoms with van der Waals surface area (Å²) in [6.45, 7) is 15.9. The molecule has 0 saturated heterocycles. The van der Waals surface area contributed by atoms with E-state index in [1.54, 1.807) is 0 Å². The fourth-order valence-corrected chi connectivity index (χ4v) is 0.896. The van der Waals surface area contributed by atoms with E-state index in [-0.39, 0.29) is 1.43 Å². The van der Waals surface area contributed by atoms with Gasteiger partial charge in [-0.25, -0.2) is 0 Å². The third kappa shape index (κ3) is 119. The summed E-state index contributed by atoms with van der Waals surface area (Å²) in [5.41, 5.74) is 0. The van der Waals surface area contributed by atoms with Crippen molar-refractivity contribution in [2.75, 3.05) is 8.86 Å². The molecular weight excluding hydrogens is 398 g/mol. The number of allylic oxidation sites excluding steroid dienone is 1. The molecule has 0 radical (unpaired) electrons. The lowest BCUT2D eigenvalue weighted by molar-refractivity contribution is 0.907. The monoisotopic (exact) mass is 427 g/mol. The van der Waals surface area contributed by atoms with Gasteiger partial charge >= 0.3 is 0 Å². The Balaban J connectivity index is -0.0000000305. The Morgan fingerprint density at radius 1 is 1.14 bits per heavy atom. The van der Waals surface area contributed by atoms with Gasteiger partial charge in [-0.1, -0.05) is 78.4 Å². The molecule has 0 aliphatic rings. The van der Waals surface area contributed by atoms with Crippen LogP contribution in [0.25, 0.3) is 0 Å². The average molecular weight is 427 g/mol. The van der Waals surface area contributed by atoms with Crippen LogP contribution in [0.2, 0.25) is 0 Å². The molecule has 0 heterocycles. The molecule has 0 aromatic carbocycles. The zero-order chi connectivity index (χ0) is 12.2. The van der Waals surface area contributed by atoms with E-state index in [4.69, 9.17) is 0 Å². The summed E-state index contributed by atoms with van der Waals surface area (Å²) in [5, 5.41) is 0. The van der Waals surface area contributed by atoms with Crippen LogP contribution in [0.1, 0.15) is 41.5 Å². The normalized spacial score (nSPS) is 6.36. The lowest BCUT2D eigenvalue weighted by Gasteiger charge is -1.77. The van der Waals surface area contributed by atoms with Crippen molar-refractivity contribution in [2.24, 2.45) is 0 Å². The standard InChI is InChI=1S/C4H9I.C4H8.C2H5I.C2H4.H2/c1-2-3-4-5;1-3-4-2;1-2-3;1-2;/h2-4H2,1H3;3H,1,4H2,2H3;2H2,1H3;1-2H2;1H/i;;;;1+1. The second-order valence-corrected chi connectivity index (χ2v) is 4.61. The highest BCUT2D eigenvalue weighted by atomic mass is 127. The van der Waals surface area contributed by atoms with Crippen LogP contribution in [-0.4, -0.2) is 8.86 Å². The molecule has 2 heteroatoms. The predicted octanol–water partition coefficient (Wildman–Crippen LogP) is 6.29. The van der Waals surface area contributed by atoms with Crippen molar-refractivity contribution in [3.05, 3.63) is 25.8 Å². The molecule has 0 N–H and O–H groups in total. The Labute approximate surface area is 120 Å². The summed E-state index contributed by atoms with van der Waals surface area (Å²) in [6.07, 6.45) is 5.67. The third-order valence-electron chi connectivity index (χ3n) is 0.776. The second-order valence-electron chi connectivity index (χ2n) is 2.01. The maximum absolute atomic E-state index is 3.48. The first kappa shape index (κ1) is 24.3. The van der Waals surface area contributed by atoms with Gasteiger partial charge in [0.15, 0.2) is 0 Å². The minimum absolute atomic E-state index is 0. The zero-order valence-electron chi connectivity index (χ0n) is 9.99. The first-order valence-corrected chi connectivity index (χ1v) is 8.02. The van der Waals surface area contributed by atoms with Crippen molar-refractivity contribution in [3.8, 4) is 0 Å². The SMILES string of the molecule is C=C.C=CCC.CCCCI.CCI.[2HH]. The summed E-state index contributed by atoms with van der Waals surface area (Å²) < 4.78 is 2.53. The van der Waals surface area contributed by atoms with Gasteiger partial charge in [-0.2, -0.15) is 0 Å². The topological polar surface area (TPSA) is 0 Å².